The van der Waals surface area contributed by atoms with Crippen LogP contribution in [0.3, 0.4) is 0 Å². The average molecular weight is 568 g/mol. The van der Waals surface area contributed by atoms with Crippen LogP contribution in [0.5, 0.6) is 11.5 Å². The summed E-state index contributed by atoms with van der Waals surface area (Å²) in [6.07, 6.45) is 10.6. The molecule has 2 aliphatic rings. The Morgan fingerprint density at radius 3 is 2.03 bits per heavy atom. The van der Waals surface area contributed by atoms with Gasteiger partial charge >= 0.3 is 15.6 Å². The molecule has 0 spiro atoms. The summed E-state index contributed by atoms with van der Waals surface area (Å²) in [5.41, 5.74) is 0. The summed E-state index contributed by atoms with van der Waals surface area (Å²) < 4.78 is 29.1. The first kappa shape index (κ1) is 31.6. The van der Waals surface area contributed by atoms with Crippen molar-refractivity contribution in [3.05, 3.63) is 22.2 Å². The number of likely N-dealkylation sites (tertiary alicyclic amines) is 1. The third-order valence-corrected chi connectivity index (χ3v) is 5.85. The highest BCUT2D eigenvalue weighted by Gasteiger charge is 2.31. The molecule has 198 valence electrons. The Kier molecular flexibility index (Phi) is 13.9. The fourth-order valence-corrected chi connectivity index (χ4v) is 4.76. The van der Waals surface area contributed by atoms with E-state index >= 15 is 0 Å². The highest BCUT2D eigenvalue weighted by Crippen LogP contribution is 2.38. The number of hydrogen-bond donors (Lipinski definition) is 6. The molecule has 1 unspecified atom stereocenters. The summed E-state index contributed by atoms with van der Waals surface area (Å²) in [7, 11) is -7.68. The second kappa shape index (κ2) is 15.0. The molecular formula is C19H33Cl2NO10P2. The van der Waals surface area contributed by atoms with Crippen LogP contribution in [0, 0.1) is 0 Å². The van der Waals surface area contributed by atoms with Crippen LogP contribution in [0.1, 0.15) is 51.4 Å². The first-order valence-corrected chi connectivity index (χ1v) is 14.6. The van der Waals surface area contributed by atoms with Gasteiger partial charge in [-0.1, -0.05) is 42.5 Å². The van der Waals surface area contributed by atoms with E-state index in [9.17, 15) is 0 Å². The molecule has 1 aliphatic carbocycles. The van der Waals surface area contributed by atoms with Crippen LogP contribution in [0.2, 0.25) is 10.0 Å². The number of nitrogens with zero attached hydrogens (tertiary/aromatic N) is 1. The number of halogens is 2. The molecule has 34 heavy (non-hydrogen) atoms. The zero-order valence-electron chi connectivity index (χ0n) is 18.8. The van der Waals surface area contributed by atoms with Crippen LogP contribution < -0.4 is 9.47 Å². The SMILES string of the molecule is COc1c(Cl)cc(Cl)cc1OCCC1CCCN1C1CCCCC1.O=P(O)(O)O.O=P(O)(O)O. The lowest BCUT2D eigenvalue weighted by molar-refractivity contribution is 0.124. The number of ether oxygens (including phenoxy) is 2. The molecule has 11 nitrogen and oxygen atoms in total. The predicted molar refractivity (Wildman–Crippen MR) is 128 cm³/mol. The molecule has 1 aliphatic heterocycles. The van der Waals surface area contributed by atoms with Crippen LogP contribution in [-0.4, -0.2) is 66.6 Å². The third-order valence-electron chi connectivity index (χ3n) is 5.35. The highest BCUT2D eigenvalue weighted by atomic mass is 35.5. The van der Waals surface area contributed by atoms with Crippen LogP contribution in [0.15, 0.2) is 12.1 Å². The Bertz CT molecular complexity index is 808. The zero-order valence-corrected chi connectivity index (χ0v) is 22.1. The van der Waals surface area contributed by atoms with Crippen molar-refractivity contribution >= 4 is 38.8 Å². The van der Waals surface area contributed by atoms with Gasteiger partial charge in [0.15, 0.2) is 11.5 Å². The number of benzene rings is 1. The van der Waals surface area contributed by atoms with Crippen LogP contribution in [-0.2, 0) is 9.13 Å². The van der Waals surface area contributed by atoms with E-state index in [0.29, 0.717) is 34.2 Å². The minimum atomic E-state index is -4.64. The molecule has 0 radical (unpaired) electrons. The number of hydrogen-bond acceptors (Lipinski definition) is 5. The van der Waals surface area contributed by atoms with Crippen molar-refractivity contribution in [1.82, 2.24) is 4.90 Å². The van der Waals surface area contributed by atoms with Gasteiger partial charge in [0.1, 0.15) is 0 Å². The van der Waals surface area contributed by atoms with Crippen molar-refractivity contribution in [2.75, 3.05) is 20.3 Å². The molecule has 6 N–H and O–H groups in total. The van der Waals surface area contributed by atoms with Crippen LogP contribution >= 0.6 is 38.8 Å². The summed E-state index contributed by atoms with van der Waals surface area (Å²) in [4.78, 5) is 45.9. The Hall–Kier alpha value is -0.420. The maximum absolute atomic E-state index is 8.88. The average Bonchev–Trinajstić information content (AvgIpc) is 3.14. The van der Waals surface area contributed by atoms with Gasteiger partial charge < -0.3 is 38.8 Å². The van der Waals surface area contributed by atoms with Gasteiger partial charge in [-0.15, -0.1) is 0 Å². The minimum absolute atomic E-state index is 0.490. The first-order valence-electron chi connectivity index (χ1n) is 10.7. The molecule has 0 bridgehead atoms. The molecule has 1 saturated heterocycles. The van der Waals surface area contributed by atoms with Gasteiger partial charge in [-0.05, 0) is 44.7 Å². The minimum Gasteiger partial charge on any atom is -0.491 e. The Morgan fingerprint density at radius 1 is 0.941 bits per heavy atom. The van der Waals surface area contributed by atoms with Crippen molar-refractivity contribution in [3.8, 4) is 11.5 Å². The molecule has 15 heteroatoms. The summed E-state index contributed by atoms with van der Waals surface area (Å²) in [6, 6.07) is 4.89. The molecule has 3 rings (SSSR count). The van der Waals surface area contributed by atoms with Crippen molar-refractivity contribution < 1.29 is 48.0 Å². The van der Waals surface area contributed by atoms with E-state index in [0.717, 1.165) is 12.5 Å². The van der Waals surface area contributed by atoms with Gasteiger partial charge in [-0.2, -0.15) is 0 Å². The molecule has 2 fully saturated rings. The lowest BCUT2D eigenvalue weighted by atomic mass is 9.93. The molecule has 1 saturated carbocycles. The van der Waals surface area contributed by atoms with Crippen molar-refractivity contribution in [2.24, 2.45) is 0 Å². The van der Waals surface area contributed by atoms with Crippen LogP contribution in [0.4, 0.5) is 0 Å². The van der Waals surface area contributed by atoms with Gasteiger partial charge in [-0.25, -0.2) is 9.13 Å². The van der Waals surface area contributed by atoms with Gasteiger partial charge in [0, 0.05) is 23.2 Å². The Morgan fingerprint density at radius 2 is 1.50 bits per heavy atom. The molecular weight excluding hydrogens is 535 g/mol. The third kappa shape index (κ3) is 14.2. The van der Waals surface area contributed by atoms with E-state index in [-0.39, 0.29) is 0 Å². The second-order valence-corrected chi connectivity index (χ2v) is 10.8. The van der Waals surface area contributed by atoms with Gasteiger partial charge in [0.05, 0.1) is 18.7 Å². The first-order chi connectivity index (χ1) is 15.7. The van der Waals surface area contributed by atoms with Gasteiger partial charge in [-0.3, -0.25) is 4.90 Å². The highest BCUT2D eigenvalue weighted by molar-refractivity contribution is 7.45. The summed E-state index contributed by atoms with van der Waals surface area (Å²) in [6.45, 7) is 1.92. The number of rotatable bonds is 6. The smallest absolute Gasteiger partial charge is 0.466 e. The maximum atomic E-state index is 8.88. The Labute approximate surface area is 209 Å². The summed E-state index contributed by atoms with van der Waals surface area (Å²) >= 11 is 12.2. The molecule has 1 aromatic rings. The zero-order chi connectivity index (χ0) is 25.9. The largest absolute Gasteiger partial charge is 0.491 e. The second-order valence-electron chi connectivity index (χ2n) is 7.91. The fraction of sp³-hybridized carbons (Fsp3) is 0.684. The molecule has 0 aromatic heterocycles. The standard InChI is InChI=1S/C19H27Cl2NO2.2H3O4P/c1-23-19-17(21)12-14(20)13-18(19)24-11-9-16-8-5-10-22(16)15-6-3-2-4-7-15;2*1-5(2,3)4/h12-13,15-16H,2-11H2,1H3;2*(H3,1,2,3,4). The van der Waals surface area contributed by atoms with E-state index < -0.39 is 15.6 Å². The quantitative estimate of drug-likeness (QED) is 0.276. The van der Waals surface area contributed by atoms with E-state index in [1.54, 1.807) is 19.2 Å². The maximum Gasteiger partial charge on any atom is 0.466 e. The van der Waals surface area contributed by atoms with E-state index in [2.05, 4.69) is 4.90 Å². The molecule has 0 amide bonds. The number of methoxy groups -OCH3 is 1. The molecule has 1 aromatic carbocycles. The summed E-state index contributed by atoms with van der Waals surface area (Å²) in [5, 5.41) is 1.06. The predicted octanol–water partition coefficient (Wildman–Crippen LogP) is 3.71. The van der Waals surface area contributed by atoms with Gasteiger partial charge in [0.25, 0.3) is 0 Å². The Balaban J connectivity index is 0.000000489. The van der Waals surface area contributed by atoms with Crippen LogP contribution in [0.25, 0.3) is 0 Å². The monoisotopic (exact) mass is 567 g/mol. The lowest BCUT2D eigenvalue weighted by Gasteiger charge is -2.35. The van der Waals surface area contributed by atoms with E-state index in [1.807, 2.05) is 0 Å². The number of phosphoric acid groups is 2. The lowest BCUT2D eigenvalue weighted by Crippen LogP contribution is -2.40. The summed E-state index contributed by atoms with van der Waals surface area (Å²) in [5.74, 6) is 1.20. The molecule has 1 heterocycles. The van der Waals surface area contributed by atoms with E-state index in [4.69, 9.17) is 71.2 Å². The van der Waals surface area contributed by atoms with Crippen molar-refractivity contribution in [3.63, 3.8) is 0 Å². The van der Waals surface area contributed by atoms with Crippen molar-refractivity contribution in [1.29, 1.82) is 0 Å². The topological polar surface area (TPSA) is 177 Å². The van der Waals surface area contributed by atoms with Crippen molar-refractivity contribution in [2.45, 2.75) is 63.5 Å². The van der Waals surface area contributed by atoms with Gasteiger partial charge in [0.2, 0.25) is 0 Å². The molecule has 1 atom stereocenters. The van der Waals surface area contributed by atoms with E-state index in [1.165, 1.54) is 51.5 Å². The normalized spacial score (nSPS) is 19.5. The fourth-order valence-electron chi connectivity index (χ4n) is 4.21.